The van der Waals surface area contributed by atoms with Crippen LogP contribution in [-0.2, 0) is 4.74 Å². The third-order valence-corrected chi connectivity index (χ3v) is 3.76. The molecule has 0 bridgehead atoms. The summed E-state index contributed by atoms with van der Waals surface area (Å²) < 4.78 is 5.69. The van der Waals surface area contributed by atoms with Crippen molar-refractivity contribution in [3.8, 4) is 0 Å². The van der Waals surface area contributed by atoms with Crippen molar-refractivity contribution in [3.63, 3.8) is 0 Å². The van der Waals surface area contributed by atoms with E-state index in [-0.39, 0.29) is 12.0 Å². The van der Waals surface area contributed by atoms with Gasteiger partial charge in [0, 0.05) is 18.9 Å². The Morgan fingerprint density at radius 3 is 2.75 bits per heavy atom. The molecule has 3 nitrogen and oxygen atoms in total. The van der Waals surface area contributed by atoms with E-state index in [0.29, 0.717) is 13.2 Å². The molecule has 1 fully saturated rings. The first kappa shape index (κ1) is 13.9. The van der Waals surface area contributed by atoms with Crippen molar-refractivity contribution in [2.45, 2.75) is 64.1 Å². The molecule has 1 rings (SSSR count). The monoisotopic (exact) mass is 229 g/mol. The minimum absolute atomic E-state index is 0.231. The summed E-state index contributed by atoms with van der Waals surface area (Å²) in [5.74, 6) is 0.237. The minimum atomic E-state index is -0.581. The Labute approximate surface area is 99.4 Å². The Hall–Kier alpha value is -0.120. The third kappa shape index (κ3) is 3.44. The lowest BCUT2D eigenvalue weighted by atomic mass is 9.76. The van der Waals surface area contributed by atoms with Crippen molar-refractivity contribution >= 4 is 0 Å². The molecule has 3 atom stereocenters. The Morgan fingerprint density at radius 2 is 2.19 bits per heavy atom. The topological polar surface area (TPSA) is 55.5 Å². The van der Waals surface area contributed by atoms with Gasteiger partial charge in [0.15, 0.2) is 0 Å². The molecule has 16 heavy (non-hydrogen) atoms. The highest BCUT2D eigenvalue weighted by atomic mass is 16.5. The second-order valence-electron chi connectivity index (χ2n) is 5.06. The molecule has 0 spiro atoms. The lowest BCUT2D eigenvalue weighted by Crippen LogP contribution is -2.49. The van der Waals surface area contributed by atoms with E-state index >= 15 is 0 Å². The molecule has 1 aliphatic rings. The van der Waals surface area contributed by atoms with E-state index in [2.05, 4.69) is 13.8 Å². The fourth-order valence-corrected chi connectivity index (χ4v) is 2.79. The first-order valence-corrected chi connectivity index (χ1v) is 6.70. The van der Waals surface area contributed by atoms with E-state index in [1.807, 2.05) is 0 Å². The van der Waals surface area contributed by atoms with Crippen LogP contribution in [0.2, 0.25) is 0 Å². The maximum atomic E-state index is 10.7. The molecule has 1 saturated heterocycles. The molecule has 3 N–H and O–H groups in total. The lowest BCUT2D eigenvalue weighted by molar-refractivity contribution is -0.133. The molecule has 0 aromatic carbocycles. The fourth-order valence-electron chi connectivity index (χ4n) is 2.79. The zero-order chi connectivity index (χ0) is 12.0. The smallest absolute Gasteiger partial charge is 0.0734 e. The van der Waals surface area contributed by atoms with Crippen LogP contribution >= 0.6 is 0 Å². The first-order chi connectivity index (χ1) is 7.66. The predicted molar refractivity (Wildman–Crippen MR) is 66.3 cm³/mol. The molecule has 0 radical (unpaired) electrons. The Bertz CT molecular complexity index is 196. The van der Waals surface area contributed by atoms with Gasteiger partial charge in [0.1, 0.15) is 0 Å². The second-order valence-corrected chi connectivity index (χ2v) is 5.06. The van der Waals surface area contributed by atoms with Crippen molar-refractivity contribution < 1.29 is 9.84 Å². The zero-order valence-corrected chi connectivity index (χ0v) is 10.7. The minimum Gasteiger partial charge on any atom is -0.389 e. The number of nitrogens with two attached hydrogens (primary N) is 1. The summed E-state index contributed by atoms with van der Waals surface area (Å²) in [5, 5.41) is 10.7. The van der Waals surface area contributed by atoms with E-state index in [0.717, 1.165) is 38.5 Å². The van der Waals surface area contributed by atoms with Crippen LogP contribution in [0.4, 0.5) is 0 Å². The van der Waals surface area contributed by atoms with Crippen molar-refractivity contribution in [2.75, 3.05) is 13.2 Å². The van der Waals surface area contributed by atoms with Crippen LogP contribution in [0.5, 0.6) is 0 Å². The molecule has 3 unspecified atom stereocenters. The molecule has 1 aliphatic heterocycles. The van der Waals surface area contributed by atoms with E-state index < -0.39 is 5.60 Å². The van der Waals surface area contributed by atoms with Crippen molar-refractivity contribution in [1.29, 1.82) is 0 Å². The maximum Gasteiger partial charge on any atom is 0.0734 e. The SMILES string of the molecule is CCCC1CC(O)(C(CN)CCC)CCO1. The van der Waals surface area contributed by atoms with Gasteiger partial charge < -0.3 is 15.6 Å². The van der Waals surface area contributed by atoms with E-state index in [4.69, 9.17) is 10.5 Å². The fraction of sp³-hybridized carbons (Fsp3) is 1.00. The number of hydrogen-bond acceptors (Lipinski definition) is 3. The summed E-state index contributed by atoms with van der Waals surface area (Å²) in [6.07, 6.45) is 6.01. The summed E-state index contributed by atoms with van der Waals surface area (Å²) in [4.78, 5) is 0. The number of rotatable bonds is 6. The average molecular weight is 229 g/mol. The van der Waals surface area contributed by atoms with E-state index in [1.165, 1.54) is 0 Å². The number of hydrogen-bond donors (Lipinski definition) is 2. The van der Waals surface area contributed by atoms with Crippen LogP contribution in [0.1, 0.15) is 52.4 Å². The quantitative estimate of drug-likeness (QED) is 0.733. The zero-order valence-electron chi connectivity index (χ0n) is 10.7. The largest absolute Gasteiger partial charge is 0.389 e. The van der Waals surface area contributed by atoms with Gasteiger partial charge in [0.05, 0.1) is 11.7 Å². The predicted octanol–water partition coefficient (Wildman–Crippen LogP) is 2.07. The highest BCUT2D eigenvalue weighted by Crippen LogP contribution is 2.35. The molecule has 0 saturated carbocycles. The number of aliphatic hydroxyl groups is 1. The maximum absolute atomic E-state index is 10.7. The van der Waals surface area contributed by atoms with E-state index in [1.54, 1.807) is 0 Å². The Balaban J connectivity index is 2.59. The van der Waals surface area contributed by atoms with Gasteiger partial charge >= 0.3 is 0 Å². The number of ether oxygens (including phenoxy) is 1. The lowest BCUT2D eigenvalue weighted by Gasteiger charge is -2.42. The normalized spacial score (nSPS) is 32.6. The molecule has 3 heteroatoms. The van der Waals surface area contributed by atoms with Gasteiger partial charge in [0.2, 0.25) is 0 Å². The third-order valence-electron chi connectivity index (χ3n) is 3.76. The van der Waals surface area contributed by atoms with Crippen LogP contribution in [0.25, 0.3) is 0 Å². The van der Waals surface area contributed by atoms with Gasteiger partial charge in [-0.15, -0.1) is 0 Å². The molecule has 1 heterocycles. The van der Waals surface area contributed by atoms with Crippen LogP contribution in [-0.4, -0.2) is 30.0 Å². The highest BCUT2D eigenvalue weighted by molar-refractivity contribution is 4.91. The molecular weight excluding hydrogens is 202 g/mol. The van der Waals surface area contributed by atoms with Crippen LogP contribution in [0.3, 0.4) is 0 Å². The van der Waals surface area contributed by atoms with Gasteiger partial charge in [-0.25, -0.2) is 0 Å². The standard InChI is InChI=1S/C13H27NO2/c1-3-5-11(10-14)13(15)7-8-16-12(9-13)6-4-2/h11-12,15H,3-10,14H2,1-2H3. The van der Waals surface area contributed by atoms with Crippen molar-refractivity contribution in [1.82, 2.24) is 0 Å². The molecular formula is C13H27NO2. The first-order valence-electron chi connectivity index (χ1n) is 6.70. The van der Waals surface area contributed by atoms with Crippen LogP contribution in [0, 0.1) is 5.92 Å². The summed E-state index contributed by atoms with van der Waals surface area (Å²) >= 11 is 0. The van der Waals surface area contributed by atoms with E-state index in [9.17, 15) is 5.11 Å². The highest BCUT2D eigenvalue weighted by Gasteiger charge is 2.40. The molecule has 0 aromatic heterocycles. The van der Waals surface area contributed by atoms with Gasteiger partial charge in [-0.1, -0.05) is 26.7 Å². The molecule has 0 aromatic rings. The molecule has 0 aliphatic carbocycles. The second kappa shape index (κ2) is 6.58. The van der Waals surface area contributed by atoms with Crippen LogP contribution in [0.15, 0.2) is 0 Å². The summed E-state index contributed by atoms with van der Waals surface area (Å²) in [6, 6.07) is 0. The van der Waals surface area contributed by atoms with Gasteiger partial charge in [0.25, 0.3) is 0 Å². The summed E-state index contributed by atoms with van der Waals surface area (Å²) in [6.45, 7) is 5.57. The van der Waals surface area contributed by atoms with Gasteiger partial charge in [-0.2, -0.15) is 0 Å². The van der Waals surface area contributed by atoms with Gasteiger partial charge in [-0.05, 0) is 25.8 Å². The Kier molecular flexibility index (Phi) is 5.73. The molecule has 96 valence electrons. The van der Waals surface area contributed by atoms with Gasteiger partial charge in [-0.3, -0.25) is 0 Å². The summed E-state index contributed by atoms with van der Waals surface area (Å²) in [7, 11) is 0. The van der Waals surface area contributed by atoms with Crippen molar-refractivity contribution in [2.24, 2.45) is 11.7 Å². The van der Waals surface area contributed by atoms with Crippen LogP contribution < -0.4 is 5.73 Å². The molecule has 0 amide bonds. The average Bonchev–Trinajstić information content (AvgIpc) is 2.26. The van der Waals surface area contributed by atoms with Crippen molar-refractivity contribution in [3.05, 3.63) is 0 Å². The Morgan fingerprint density at radius 1 is 1.44 bits per heavy atom. The summed E-state index contributed by atoms with van der Waals surface area (Å²) in [5.41, 5.74) is 5.21.